The van der Waals surface area contributed by atoms with Gasteiger partial charge in [-0.25, -0.2) is 4.79 Å². The number of thioether (sulfide) groups is 1. The standard InChI is InChI=1S/C16H18N2O4S/c1-18-13(8-12(17-18)16(19)20)10-3-4-14(21-2)15(7-10)22-11-5-6-23-9-11/h3-4,7-8,11H,5-6,9H2,1-2H3,(H,19,20). The van der Waals surface area contributed by atoms with E-state index >= 15 is 0 Å². The average molecular weight is 334 g/mol. The van der Waals surface area contributed by atoms with Crippen molar-refractivity contribution in [2.45, 2.75) is 12.5 Å². The van der Waals surface area contributed by atoms with Gasteiger partial charge in [-0.1, -0.05) is 0 Å². The first-order chi connectivity index (χ1) is 11.1. The fourth-order valence-corrected chi connectivity index (χ4v) is 3.65. The molecule has 6 nitrogen and oxygen atoms in total. The van der Waals surface area contributed by atoms with Gasteiger partial charge in [-0.2, -0.15) is 16.9 Å². The van der Waals surface area contributed by atoms with Gasteiger partial charge < -0.3 is 14.6 Å². The number of carboxylic acids is 1. The molecule has 1 aliphatic heterocycles. The van der Waals surface area contributed by atoms with E-state index in [0.717, 1.165) is 29.2 Å². The van der Waals surface area contributed by atoms with Gasteiger partial charge >= 0.3 is 5.97 Å². The molecule has 1 fully saturated rings. The normalized spacial score (nSPS) is 17.2. The Bertz CT molecular complexity index is 723. The van der Waals surface area contributed by atoms with E-state index in [0.29, 0.717) is 11.5 Å². The molecule has 1 atom stereocenters. The van der Waals surface area contributed by atoms with Crippen LogP contribution in [0.15, 0.2) is 24.3 Å². The highest BCUT2D eigenvalue weighted by molar-refractivity contribution is 7.99. The first-order valence-corrected chi connectivity index (χ1v) is 8.44. The Kier molecular flexibility index (Phi) is 4.47. The van der Waals surface area contributed by atoms with Crippen LogP contribution >= 0.6 is 11.8 Å². The zero-order valence-corrected chi connectivity index (χ0v) is 13.8. The number of aryl methyl sites for hydroxylation is 1. The Labute approximate surface area is 138 Å². The molecule has 1 unspecified atom stereocenters. The summed E-state index contributed by atoms with van der Waals surface area (Å²) < 4.78 is 13.0. The van der Waals surface area contributed by atoms with Crippen molar-refractivity contribution in [2.24, 2.45) is 7.05 Å². The molecule has 1 N–H and O–H groups in total. The Morgan fingerprint density at radius 3 is 2.83 bits per heavy atom. The van der Waals surface area contributed by atoms with Gasteiger partial charge in [-0.15, -0.1) is 0 Å². The number of carboxylic acid groups (broad SMARTS) is 1. The lowest BCUT2D eigenvalue weighted by atomic mass is 10.1. The predicted molar refractivity (Wildman–Crippen MR) is 88.5 cm³/mol. The second-order valence-corrected chi connectivity index (χ2v) is 6.46. The number of hydrogen-bond donors (Lipinski definition) is 1. The molecule has 0 radical (unpaired) electrons. The minimum absolute atomic E-state index is 0.0213. The Morgan fingerprint density at radius 2 is 2.22 bits per heavy atom. The number of carbonyl (C=O) groups is 1. The third-order valence-electron chi connectivity index (χ3n) is 3.74. The van der Waals surface area contributed by atoms with E-state index in [2.05, 4.69) is 5.10 Å². The van der Waals surface area contributed by atoms with Crippen molar-refractivity contribution in [2.75, 3.05) is 18.6 Å². The van der Waals surface area contributed by atoms with Crippen LogP contribution < -0.4 is 9.47 Å². The van der Waals surface area contributed by atoms with Gasteiger partial charge in [-0.05, 0) is 36.4 Å². The first-order valence-electron chi connectivity index (χ1n) is 7.28. The SMILES string of the molecule is COc1ccc(-c2cc(C(=O)O)nn2C)cc1OC1CCSC1. The molecule has 0 saturated carbocycles. The van der Waals surface area contributed by atoms with Crippen molar-refractivity contribution >= 4 is 17.7 Å². The highest BCUT2D eigenvalue weighted by atomic mass is 32.2. The number of methoxy groups -OCH3 is 1. The van der Waals surface area contributed by atoms with Gasteiger partial charge in [0.1, 0.15) is 6.10 Å². The second kappa shape index (κ2) is 6.54. The summed E-state index contributed by atoms with van der Waals surface area (Å²) in [5.41, 5.74) is 1.58. The molecular formula is C16H18N2O4S. The fourth-order valence-electron chi connectivity index (χ4n) is 2.56. The van der Waals surface area contributed by atoms with Crippen LogP contribution in [-0.4, -0.2) is 45.6 Å². The van der Waals surface area contributed by atoms with E-state index in [9.17, 15) is 4.79 Å². The van der Waals surface area contributed by atoms with Crippen molar-refractivity contribution < 1.29 is 19.4 Å². The molecule has 0 bridgehead atoms. The number of rotatable bonds is 5. The van der Waals surface area contributed by atoms with Gasteiger partial charge in [-0.3, -0.25) is 4.68 Å². The van der Waals surface area contributed by atoms with Gasteiger partial charge in [0.05, 0.1) is 12.8 Å². The molecule has 23 heavy (non-hydrogen) atoms. The summed E-state index contributed by atoms with van der Waals surface area (Å²) in [5, 5.41) is 13.1. The number of benzene rings is 1. The van der Waals surface area contributed by atoms with Crippen LogP contribution in [-0.2, 0) is 7.05 Å². The maximum Gasteiger partial charge on any atom is 0.356 e. The maximum absolute atomic E-state index is 11.1. The van der Waals surface area contributed by atoms with Crippen molar-refractivity contribution in [1.29, 1.82) is 0 Å². The molecule has 2 heterocycles. The van der Waals surface area contributed by atoms with E-state index in [1.807, 2.05) is 30.0 Å². The van der Waals surface area contributed by atoms with Crippen LogP contribution in [0, 0.1) is 0 Å². The average Bonchev–Trinajstić information content (AvgIpc) is 3.17. The number of aromatic nitrogens is 2. The molecule has 3 rings (SSSR count). The fraction of sp³-hybridized carbons (Fsp3) is 0.375. The van der Waals surface area contributed by atoms with Crippen LogP contribution in [0.2, 0.25) is 0 Å². The largest absolute Gasteiger partial charge is 0.493 e. The number of aromatic carboxylic acids is 1. The van der Waals surface area contributed by atoms with Crippen molar-refractivity contribution in [3.8, 4) is 22.8 Å². The summed E-state index contributed by atoms with van der Waals surface area (Å²) in [4.78, 5) is 11.1. The van der Waals surface area contributed by atoms with Crippen LogP contribution in [0.1, 0.15) is 16.9 Å². The molecular weight excluding hydrogens is 316 g/mol. The van der Waals surface area contributed by atoms with Crippen LogP contribution in [0.3, 0.4) is 0 Å². The molecule has 1 aromatic heterocycles. The highest BCUT2D eigenvalue weighted by Gasteiger charge is 2.20. The minimum atomic E-state index is -1.04. The lowest BCUT2D eigenvalue weighted by Crippen LogP contribution is -2.15. The van der Waals surface area contributed by atoms with E-state index in [1.54, 1.807) is 24.9 Å². The third kappa shape index (κ3) is 3.29. The van der Waals surface area contributed by atoms with Crippen molar-refractivity contribution in [3.63, 3.8) is 0 Å². The summed E-state index contributed by atoms with van der Waals surface area (Å²) in [6, 6.07) is 7.14. The third-order valence-corrected chi connectivity index (χ3v) is 4.87. The zero-order valence-electron chi connectivity index (χ0n) is 13.0. The summed E-state index contributed by atoms with van der Waals surface area (Å²) in [6.07, 6.45) is 1.21. The minimum Gasteiger partial charge on any atom is -0.493 e. The van der Waals surface area contributed by atoms with Gasteiger partial charge in [0.25, 0.3) is 0 Å². The van der Waals surface area contributed by atoms with Gasteiger partial charge in [0.2, 0.25) is 0 Å². The molecule has 1 aliphatic rings. The number of nitrogens with zero attached hydrogens (tertiary/aromatic N) is 2. The molecule has 1 aromatic carbocycles. The monoisotopic (exact) mass is 334 g/mol. The van der Waals surface area contributed by atoms with Gasteiger partial charge in [0.15, 0.2) is 17.2 Å². The van der Waals surface area contributed by atoms with Crippen LogP contribution in [0.4, 0.5) is 0 Å². The predicted octanol–water partition coefficient (Wildman–Crippen LogP) is 2.68. The van der Waals surface area contributed by atoms with E-state index in [4.69, 9.17) is 14.6 Å². The molecule has 7 heteroatoms. The van der Waals surface area contributed by atoms with Gasteiger partial charge in [0, 0.05) is 18.4 Å². The van der Waals surface area contributed by atoms with E-state index < -0.39 is 5.97 Å². The number of ether oxygens (including phenoxy) is 2. The summed E-state index contributed by atoms with van der Waals surface area (Å²) in [6.45, 7) is 0. The van der Waals surface area contributed by atoms with Crippen LogP contribution in [0.5, 0.6) is 11.5 Å². The first kappa shape index (κ1) is 15.7. The topological polar surface area (TPSA) is 73.6 Å². The summed E-state index contributed by atoms with van der Waals surface area (Å²) in [5.74, 6) is 2.39. The second-order valence-electron chi connectivity index (χ2n) is 5.31. The smallest absolute Gasteiger partial charge is 0.356 e. The lowest BCUT2D eigenvalue weighted by Gasteiger charge is -2.16. The Hall–Kier alpha value is -2.15. The summed E-state index contributed by atoms with van der Waals surface area (Å²) >= 11 is 1.88. The highest BCUT2D eigenvalue weighted by Crippen LogP contribution is 2.35. The van der Waals surface area contributed by atoms with Crippen molar-refractivity contribution in [1.82, 2.24) is 9.78 Å². The Balaban J connectivity index is 1.95. The molecule has 1 saturated heterocycles. The lowest BCUT2D eigenvalue weighted by molar-refractivity contribution is 0.0689. The summed E-state index contributed by atoms with van der Waals surface area (Å²) in [7, 11) is 3.33. The molecule has 0 aliphatic carbocycles. The molecule has 0 spiro atoms. The quantitative estimate of drug-likeness (QED) is 0.906. The Morgan fingerprint density at radius 1 is 1.39 bits per heavy atom. The molecule has 122 valence electrons. The molecule has 2 aromatic rings. The molecule has 0 amide bonds. The zero-order chi connectivity index (χ0) is 16.4. The number of hydrogen-bond acceptors (Lipinski definition) is 5. The van der Waals surface area contributed by atoms with E-state index in [1.165, 1.54) is 0 Å². The van der Waals surface area contributed by atoms with E-state index in [-0.39, 0.29) is 11.8 Å². The van der Waals surface area contributed by atoms with Crippen molar-refractivity contribution in [3.05, 3.63) is 30.0 Å². The van der Waals surface area contributed by atoms with Crippen LogP contribution in [0.25, 0.3) is 11.3 Å². The maximum atomic E-state index is 11.1.